The standard InChI is InChI=1S/C25H34N4O2/c1-4-14-31-20-12-13-21-22(15-20)29(16(2)3)24(23(21)26)17-8-10-19(11-9-17)28-25(30)27-18-6-5-7-18/h8-13,15-16,18,23-24H,4-7,14,26H2,1-3H3,(H2,27,28,30). The monoisotopic (exact) mass is 422 g/mol. The summed E-state index contributed by atoms with van der Waals surface area (Å²) in [5, 5.41) is 5.94. The molecule has 31 heavy (non-hydrogen) atoms. The van der Waals surface area contributed by atoms with Gasteiger partial charge in [0.2, 0.25) is 0 Å². The molecule has 4 N–H and O–H groups in total. The number of carbonyl (C=O) groups excluding carboxylic acids is 1. The summed E-state index contributed by atoms with van der Waals surface area (Å²) >= 11 is 0. The summed E-state index contributed by atoms with van der Waals surface area (Å²) in [6, 6.07) is 14.7. The molecule has 166 valence electrons. The lowest BCUT2D eigenvalue weighted by atomic mass is 9.93. The van der Waals surface area contributed by atoms with Crippen molar-refractivity contribution in [2.75, 3.05) is 16.8 Å². The van der Waals surface area contributed by atoms with Crippen molar-refractivity contribution in [3.63, 3.8) is 0 Å². The van der Waals surface area contributed by atoms with Crippen molar-refractivity contribution in [3.05, 3.63) is 53.6 Å². The van der Waals surface area contributed by atoms with Gasteiger partial charge in [0.05, 0.1) is 18.7 Å². The quantitative estimate of drug-likeness (QED) is 0.579. The highest BCUT2D eigenvalue weighted by molar-refractivity contribution is 5.89. The molecule has 0 aromatic heterocycles. The molecule has 1 aliphatic heterocycles. The van der Waals surface area contributed by atoms with E-state index in [4.69, 9.17) is 10.5 Å². The summed E-state index contributed by atoms with van der Waals surface area (Å²) in [5.74, 6) is 0.885. The molecule has 0 saturated heterocycles. The third-order valence-corrected chi connectivity index (χ3v) is 6.26. The Morgan fingerprint density at radius 3 is 2.55 bits per heavy atom. The molecule has 1 aliphatic carbocycles. The fraction of sp³-hybridized carbons (Fsp3) is 0.480. The predicted octanol–water partition coefficient (Wildman–Crippen LogP) is 5.12. The second-order valence-corrected chi connectivity index (χ2v) is 8.89. The number of urea groups is 1. The number of ether oxygens (including phenoxy) is 1. The van der Waals surface area contributed by atoms with Crippen LogP contribution in [0.25, 0.3) is 0 Å². The van der Waals surface area contributed by atoms with Gasteiger partial charge in [-0.3, -0.25) is 0 Å². The molecule has 2 amide bonds. The topological polar surface area (TPSA) is 79.6 Å². The first kappa shape index (κ1) is 21.5. The number of hydrogen-bond donors (Lipinski definition) is 3. The van der Waals surface area contributed by atoms with E-state index >= 15 is 0 Å². The fourth-order valence-electron chi connectivity index (χ4n) is 4.47. The van der Waals surface area contributed by atoms with Crippen molar-refractivity contribution >= 4 is 17.4 Å². The maximum Gasteiger partial charge on any atom is 0.319 e. The number of nitrogens with one attached hydrogen (secondary N) is 2. The summed E-state index contributed by atoms with van der Waals surface area (Å²) < 4.78 is 5.86. The van der Waals surface area contributed by atoms with Crippen LogP contribution in [0.1, 0.15) is 69.7 Å². The Hall–Kier alpha value is -2.73. The van der Waals surface area contributed by atoms with E-state index in [1.807, 2.05) is 18.2 Å². The van der Waals surface area contributed by atoms with Gasteiger partial charge in [-0.2, -0.15) is 0 Å². The average molecular weight is 423 g/mol. The van der Waals surface area contributed by atoms with Crippen LogP contribution >= 0.6 is 0 Å². The molecule has 0 radical (unpaired) electrons. The zero-order chi connectivity index (χ0) is 22.0. The number of carbonyl (C=O) groups is 1. The largest absolute Gasteiger partial charge is 0.494 e. The van der Waals surface area contributed by atoms with Gasteiger partial charge in [0.1, 0.15) is 5.75 Å². The van der Waals surface area contributed by atoms with Gasteiger partial charge < -0.3 is 26.0 Å². The minimum absolute atomic E-state index is 0.0364. The van der Waals surface area contributed by atoms with Gasteiger partial charge in [0.15, 0.2) is 0 Å². The molecule has 2 aromatic carbocycles. The Bertz CT molecular complexity index is 908. The number of nitrogens with two attached hydrogens (primary N) is 1. The van der Waals surface area contributed by atoms with Gasteiger partial charge in [-0.1, -0.05) is 25.1 Å². The summed E-state index contributed by atoms with van der Waals surface area (Å²) in [6.07, 6.45) is 4.32. The number of nitrogens with zero attached hydrogens (tertiary/aromatic N) is 1. The van der Waals surface area contributed by atoms with Crippen molar-refractivity contribution in [2.24, 2.45) is 5.73 Å². The highest BCUT2D eigenvalue weighted by Crippen LogP contribution is 2.48. The summed E-state index contributed by atoms with van der Waals surface area (Å²) in [4.78, 5) is 14.5. The normalized spacial score (nSPS) is 20.4. The second-order valence-electron chi connectivity index (χ2n) is 8.89. The highest BCUT2D eigenvalue weighted by atomic mass is 16.5. The smallest absolute Gasteiger partial charge is 0.319 e. The maximum atomic E-state index is 12.1. The van der Waals surface area contributed by atoms with Gasteiger partial charge in [0, 0.05) is 29.5 Å². The zero-order valence-corrected chi connectivity index (χ0v) is 18.7. The average Bonchev–Trinajstić information content (AvgIpc) is 3.02. The maximum absolute atomic E-state index is 12.1. The summed E-state index contributed by atoms with van der Waals surface area (Å²) in [7, 11) is 0. The van der Waals surface area contributed by atoms with Crippen LogP contribution in [0.4, 0.5) is 16.2 Å². The number of anilines is 2. The van der Waals surface area contributed by atoms with Gasteiger partial charge >= 0.3 is 6.03 Å². The van der Waals surface area contributed by atoms with Crippen LogP contribution in [-0.2, 0) is 0 Å². The van der Waals surface area contributed by atoms with Crippen molar-refractivity contribution in [1.29, 1.82) is 0 Å². The van der Waals surface area contributed by atoms with E-state index in [1.54, 1.807) is 0 Å². The minimum atomic E-state index is -0.133. The number of rotatable bonds is 7. The van der Waals surface area contributed by atoms with Crippen LogP contribution in [0.5, 0.6) is 5.75 Å². The van der Waals surface area contributed by atoms with Gasteiger partial charge in [-0.25, -0.2) is 4.79 Å². The lowest BCUT2D eigenvalue weighted by molar-refractivity contribution is 0.240. The summed E-state index contributed by atoms with van der Waals surface area (Å²) in [6.45, 7) is 7.19. The van der Waals surface area contributed by atoms with E-state index in [2.05, 4.69) is 60.6 Å². The Morgan fingerprint density at radius 2 is 1.94 bits per heavy atom. The van der Waals surface area contributed by atoms with Crippen molar-refractivity contribution in [1.82, 2.24) is 5.32 Å². The molecular weight excluding hydrogens is 388 g/mol. The van der Waals surface area contributed by atoms with Crippen LogP contribution in [0.15, 0.2) is 42.5 Å². The van der Waals surface area contributed by atoms with Gasteiger partial charge in [0.25, 0.3) is 0 Å². The Kier molecular flexibility index (Phi) is 6.37. The Balaban J connectivity index is 1.52. The molecule has 2 aliphatic rings. The van der Waals surface area contributed by atoms with Crippen molar-refractivity contribution < 1.29 is 9.53 Å². The first-order chi connectivity index (χ1) is 15.0. The lowest BCUT2D eigenvalue weighted by Gasteiger charge is -2.33. The number of benzene rings is 2. The Labute approximate surface area is 185 Å². The molecule has 1 saturated carbocycles. The second kappa shape index (κ2) is 9.18. The molecule has 6 nitrogen and oxygen atoms in total. The molecule has 1 fully saturated rings. The predicted molar refractivity (Wildman–Crippen MR) is 126 cm³/mol. The highest BCUT2D eigenvalue weighted by Gasteiger charge is 2.38. The van der Waals surface area contributed by atoms with E-state index in [9.17, 15) is 4.79 Å². The van der Waals surface area contributed by atoms with E-state index in [-0.39, 0.29) is 24.2 Å². The third kappa shape index (κ3) is 4.49. The number of fused-ring (bicyclic) bond motifs is 1. The molecular formula is C25H34N4O2. The van der Waals surface area contributed by atoms with Crippen LogP contribution in [-0.4, -0.2) is 24.7 Å². The number of hydrogen-bond acceptors (Lipinski definition) is 4. The molecule has 1 heterocycles. The molecule has 0 bridgehead atoms. The number of amides is 2. The van der Waals surface area contributed by atoms with E-state index in [1.165, 1.54) is 6.42 Å². The lowest BCUT2D eigenvalue weighted by Crippen LogP contribution is -2.41. The molecule has 2 aromatic rings. The zero-order valence-electron chi connectivity index (χ0n) is 18.7. The third-order valence-electron chi connectivity index (χ3n) is 6.26. The van der Waals surface area contributed by atoms with E-state index in [0.29, 0.717) is 12.6 Å². The fourth-order valence-corrected chi connectivity index (χ4v) is 4.47. The van der Waals surface area contributed by atoms with Crippen LogP contribution in [0.3, 0.4) is 0 Å². The van der Waals surface area contributed by atoms with Crippen molar-refractivity contribution in [3.8, 4) is 5.75 Å². The molecule has 0 spiro atoms. The van der Waals surface area contributed by atoms with Crippen LogP contribution in [0.2, 0.25) is 0 Å². The first-order valence-electron chi connectivity index (χ1n) is 11.5. The Morgan fingerprint density at radius 1 is 1.19 bits per heavy atom. The molecule has 2 atom stereocenters. The van der Waals surface area contributed by atoms with Crippen molar-refractivity contribution in [2.45, 2.75) is 70.6 Å². The van der Waals surface area contributed by atoms with Crippen LogP contribution < -0.4 is 26.0 Å². The SMILES string of the molecule is CCCOc1ccc2c(c1)N(C(C)C)C(c1ccc(NC(=O)NC3CCC3)cc1)C2N. The van der Waals surface area contributed by atoms with Gasteiger partial charge in [-0.05, 0) is 68.9 Å². The minimum Gasteiger partial charge on any atom is -0.494 e. The molecule has 6 heteroatoms. The van der Waals surface area contributed by atoms with E-state index < -0.39 is 0 Å². The first-order valence-corrected chi connectivity index (χ1v) is 11.5. The molecule has 4 rings (SSSR count). The van der Waals surface area contributed by atoms with E-state index in [0.717, 1.165) is 47.5 Å². The summed E-state index contributed by atoms with van der Waals surface area (Å²) in [5.41, 5.74) is 10.9. The van der Waals surface area contributed by atoms with Gasteiger partial charge in [-0.15, -0.1) is 0 Å². The molecule has 2 unspecified atom stereocenters. The van der Waals surface area contributed by atoms with Crippen LogP contribution in [0, 0.1) is 0 Å².